The van der Waals surface area contributed by atoms with Gasteiger partial charge in [-0.05, 0) is 41.7 Å². The van der Waals surface area contributed by atoms with Crippen LogP contribution in [0.2, 0.25) is 0 Å². The van der Waals surface area contributed by atoms with E-state index in [1.807, 2.05) is 12.1 Å². The lowest BCUT2D eigenvalue weighted by molar-refractivity contribution is -0.154. The van der Waals surface area contributed by atoms with Gasteiger partial charge in [0.15, 0.2) is 24.0 Å². The maximum atomic E-state index is 13.9. The van der Waals surface area contributed by atoms with Gasteiger partial charge in [-0.1, -0.05) is 30.3 Å². The van der Waals surface area contributed by atoms with Gasteiger partial charge in [-0.3, -0.25) is 0 Å². The van der Waals surface area contributed by atoms with Crippen molar-refractivity contribution in [3.63, 3.8) is 0 Å². The molecule has 0 amide bonds. The molecule has 2 aromatic rings. The molecule has 0 heterocycles. The van der Waals surface area contributed by atoms with Crippen LogP contribution in [0.1, 0.15) is 12.0 Å². The lowest BCUT2D eigenvalue weighted by atomic mass is 10.0. The smallest absolute Gasteiger partial charge is 0.422 e. The average molecular weight is 342 g/mol. The van der Waals surface area contributed by atoms with E-state index in [4.69, 9.17) is 0 Å². The van der Waals surface area contributed by atoms with Crippen LogP contribution in [0.25, 0.3) is 11.1 Å². The SMILES string of the molecule is C=CCCc1ccc(-c2cc(F)c(OCC(F)(F)F)c(F)c2)cc1. The molecule has 0 aliphatic heterocycles. The summed E-state index contributed by atoms with van der Waals surface area (Å²) in [5.74, 6) is -3.38. The summed E-state index contributed by atoms with van der Waals surface area (Å²) in [4.78, 5) is 0. The van der Waals surface area contributed by atoms with E-state index in [9.17, 15) is 22.0 Å². The molecule has 0 bridgehead atoms. The largest absolute Gasteiger partial charge is 0.478 e. The van der Waals surface area contributed by atoms with Crippen LogP contribution in [-0.2, 0) is 6.42 Å². The number of halogens is 5. The standard InChI is InChI=1S/C18H15F5O/c1-2-3-4-12-5-7-13(8-6-12)14-9-15(19)17(16(20)10-14)24-11-18(21,22)23/h2,5-10H,1,3-4,11H2. The van der Waals surface area contributed by atoms with Crippen molar-refractivity contribution in [2.24, 2.45) is 0 Å². The molecule has 0 spiro atoms. The van der Waals surface area contributed by atoms with Crippen molar-refractivity contribution in [3.8, 4) is 16.9 Å². The van der Waals surface area contributed by atoms with Crippen molar-refractivity contribution in [1.29, 1.82) is 0 Å². The zero-order chi connectivity index (χ0) is 17.7. The molecule has 0 saturated carbocycles. The van der Waals surface area contributed by atoms with Gasteiger partial charge in [0.05, 0.1) is 0 Å². The number of allylic oxidation sites excluding steroid dienone is 1. The maximum Gasteiger partial charge on any atom is 0.422 e. The summed E-state index contributed by atoms with van der Waals surface area (Å²) in [6.45, 7) is 1.88. The lowest BCUT2D eigenvalue weighted by Gasteiger charge is -2.12. The van der Waals surface area contributed by atoms with Gasteiger partial charge in [0.1, 0.15) is 0 Å². The molecule has 24 heavy (non-hydrogen) atoms. The number of alkyl halides is 3. The zero-order valence-corrected chi connectivity index (χ0v) is 12.7. The average Bonchev–Trinajstić information content (AvgIpc) is 2.51. The summed E-state index contributed by atoms with van der Waals surface area (Å²) >= 11 is 0. The van der Waals surface area contributed by atoms with E-state index in [0.29, 0.717) is 5.56 Å². The van der Waals surface area contributed by atoms with Gasteiger partial charge >= 0.3 is 6.18 Å². The van der Waals surface area contributed by atoms with Crippen LogP contribution in [0.15, 0.2) is 49.1 Å². The number of aryl methyl sites for hydroxylation is 1. The molecule has 6 heteroatoms. The van der Waals surface area contributed by atoms with E-state index >= 15 is 0 Å². The first-order valence-electron chi connectivity index (χ1n) is 7.19. The number of hydrogen-bond donors (Lipinski definition) is 0. The number of hydrogen-bond acceptors (Lipinski definition) is 1. The fraction of sp³-hybridized carbons (Fsp3) is 0.222. The second kappa shape index (κ2) is 7.47. The quantitative estimate of drug-likeness (QED) is 0.484. The van der Waals surface area contributed by atoms with Crippen LogP contribution in [0.3, 0.4) is 0 Å². The Bertz CT molecular complexity index is 681. The minimum Gasteiger partial charge on any atom is -0.478 e. The second-order valence-electron chi connectivity index (χ2n) is 5.20. The Morgan fingerprint density at radius 1 is 0.958 bits per heavy atom. The number of rotatable bonds is 6. The van der Waals surface area contributed by atoms with Gasteiger partial charge in [-0.2, -0.15) is 13.2 Å². The summed E-state index contributed by atoms with van der Waals surface area (Å²) in [7, 11) is 0. The van der Waals surface area contributed by atoms with Crippen LogP contribution < -0.4 is 4.74 Å². The summed E-state index contributed by atoms with van der Waals surface area (Å²) in [5.41, 5.74) is 1.82. The molecule has 0 N–H and O–H groups in total. The minimum atomic E-state index is -4.67. The molecule has 0 atom stereocenters. The fourth-order valence-corrected chi connectivity index (χ4v) is 2.15. The Labute approximate surface area is 136 Å². The first-order chi connectivity index (χ1) is 11.3. The zero-order valence-electron chi connectivity index (χ0n) is 12.7. The first-order valence-corrected chi connectivity index (χ1v) is 7.19. The predicted molar refractivity (Wildman–Crippen MR) is 81.9 cm³/mol. The maximum absolute atomic E-state index is 13.9. The molecule has 2 rings (SSSR count). The molecule has 0 aliphatic carbocycles. The van der Waals surface area contributed by atoms with Crippen LogP contribution in [0, 0.1) is 11.6 Å². The van der Waals surface area contributed by atoms with Crippen molar-refractivity contribution in [2.45, 2.75) is 19.0 Å². The Morgan fingerprint density at radius 2 is 1.54 bits per heavy atom. The topological polar surface area (TPSA) is 9.23 Å². The highest BCUT2D eigenvalue weighted by molar-refractivity contribution is 5.65. The molecule has 0 aromatic heterocycles. The number of ether oxygens (including phenoxy) is 1. The summed E-state index contributed by atoms with van der Waals surface area (Å²) in [6.07, 6.45) is -1.26. The first kappa shape index (κ1) is 18.0. The highest BCUT2D eigenvalue weighted by Crippen LogP contribution is 2.30. The lowest BCUT2D eigenvalue weighted by Crippen LogP contribution is -2.20. The van der Waals surface area contributed by atoms with Gasteiger partial charge in [0.2, 0.25) is 0 Å². The van der Waals surface area contributed by atoms with Crippen molar-refractivity contribution < 1.29 is 26.7 Å². The van der Waals surface area contributed by atoms with Gasteiger partial charge < -0.3 is 4.74 Å². The third kappa shape index (κ3) is 4.81. The molecular formula is C18H15F5O. The van der Waals surface area contributed by atoms with E-state index in [0.717, 1.165) is 30.5 Å². The van der Waals surface area contributed by atoms with Crippen LogP contribution in [0.5, 0.6) is 5.75 Å². The normalized spacial score (nSPS) is 11.4. The Morgan fingerprint density at radius 3 is 2.04 bits per heavy atom. The Hall–Kier alpha value is -2.37. The van der Waals surface area contributed by atoms with E-state index in [1.165, 1.54) is 0 Å². The molecule has 0 radical (unpaired) electrons. The van der Waals surface area contributed by atoms with E-state index in [1.54, 1.807) is 18.2 Å². The van der Waals surface area contributed by atoms with E-state index < -0.39 is 30.2 Å². The minimum absolute atomic E-state index is 0.222. The second-order valence-corrected chi connectivity index (χ2v) is 5.20. The van der Waals surface area contributed by atoms with Gasteiger partial charge in [-0.25, -0.2) is 8.78 Å². The van der Waals surface area contributed by atoms with Crippen LogP contribution in [0.4, 0.5) is 22.0 Å². The van der Waals surface area contributed by atoms with Gasteiger partial charge in [-0.15, -0.1) is 6.58 Å². The van der Waals surface area contributed by atoms with Crippen LogP contribution >= 0.6 is 0 Å². The third-order valence-electron chi connectivity index (χ3n) is 3.30. The van der Waals surface area contributed by atoms with E-state index in [-0.39, 0.29) is 5.56 Å². The summed E-state index contributed by atoms with van der Waals surface area (Å²) in [5, 5.41) is 0. The molecule has 1 nitrogen and oxygen atoms in total. The third-order valence-corrected chi connectivity index (χ3v) is 3.30. The molecular weight excluding hydrogens is 327 g/mol. The molecule has 0 aliphatic rings. The van der Waals surface area contributed by atoms with E-state index in [2.05, 4.69) is 11.3 Å². The monoisotopic (exact) mass is 342 g/mol. The Kier molecular flexibility index (Phi) is 5.59. The molecule has 0 unspecified atom stereocenters. The summed E-state index contributed by atoms with van der Waals surface area (Å²) < 4.78 is 68.2. The van der Waals surface area contributed by atoms with Crippen molar-refractivity contribution in [3.05, 3.63) is 66.3 Å². The molecule has 2 aromatic carbocycles. The van der Waals surface area contributed by atoms with Crippen molar-refractivity contribution in [2.75, 3.05) is 6.61 Å². The highest BCUT2D eigenvalue weighted by Gasteiger charge is 2.29. The Balaban J connectivity index is 2.21. The predicted octanol–water partition coefficient (Wildman–Crippen LogP) is 5.69. The summed E-state index contributed by atoms with van der Waals surface area (Å²) in [6, 6.07) is 8.94. The highest BCUT2D eigenvalue weighted by atomic mass is 19.4. The van der Waals surface area contributed by atoms with Crippen molar-refractivity contribution in [1.82, 2.24) is 0 Å². The van der Waals surface area contributed by atoms with Crippen LogP contribution in [-0.4, -0.2) is 12.8 Å². The molecule has 0 saturated heterocycles. The number of benzene rings is 2. The molecule has 0 fully saturated rings. The van der Waals surface area contributed by atoms with Gasteiger partial charge in [0.25, 0.3) is 0 Å². The van der Waals surface area contributed by atoms with Gasteiger partial charge in [0, 0.05) is 0 Å². The fourth-order valence-electron chi connectivity index (χ4n) is 2.15. The van der Waals surface area contributed by atoms with Crippen molar-refractivity contribution >= 4 is 0 Å². The molecule has 128 valence electrons.